The van der Waals surface area contributed by atoms with E-state index >= 15 is 0 Å². The van der Waals surface area contributed by atoms with Crippen LogP contribution in [0.4, 0.5) is 18.9 Å². The first-order valence-corrected chi connectivity index (χ1v) is 8.83. The highest BCUT2D eigenvalue weighted by Crippen LogP contribution is 2.19. The van der Waals surface area contributed by atoms with E-state index in [1.807, 2.05) is 32.9 Å². The fraction of sp³-hybridized carbons (Fsp3) is 0.300. The number of guanidine groups is 1. The van der Waals surface area contributed by atoms with Gasteiger partial charge in [0.05, 0.1) is 18.8 Å². The Hall–Kier alpha value is -2.30. The monoisotopic (exact) mass is 520 g/mol. The van der Waals surface area contributed by atoms with E-state index in [1.165, 1.54) is 0 Å². The number of anilines is 1. The minimum Gasteiger partial charge on any atom is -0.357 e. The molecule has 0 fully saturated rings. The van der Waals surface area contributed by atoms with Gasteiger partial charge in [-0.05, 0) is 44.0 Å². The lowest BCUT2D eigenvalue weighted by atomic mass is 10.1. The van der Waals surface area contributed by atoms with Gasteiger partial charge in [0.1, 0.15) is 0 Å². The molecule has 3 N–H and O–H groups in total. The normalized spacial score (nSPS) is 10.9. The molecule has 0 aliphatic carbocycles. The molecule has 0 spiro atoms. The second kappa shape index (κ2) is 11.6. The summed E-state index contributed by atoms with van der Waals surface area (Å²) in [6, 6.07) is 7.77. The van der Waals surface area contributed by atoms with Gasteiger partial charge in [-0.2, -0.15) is 0 Å². The third kappa shape index (κ3) is 7.22. The molecule has 0 aromatic heterocycles. The third-order valence-electron chi connectivity index (χ3n) is 3.98. The average Bonchev–Trinajstić information content (AvgIpc) is 2.65. The van der Waals surface area contributed by atoms with Crippen molar-refractivity contribution in [3.8, 4) is 0 Å². The largest absolute Gasteiger partial charge is 0.357 e. The van der Waals surface area contributed by atoms with E-state index < -0.39 is 29.0 Å². The molecule has 9 heteroatoms. The molecular formula is C20H24F3IN4O. The highest BCUT2D eigenvalue weighted by atomic mass is 127. The van der Waals surface area contributed by atoms with Crippen LogP contribution in [-0.2, 0) is 11.3 Å². The number of hydrogen-bond donors (Lipinski definition) is 3. The number of nitrogens with zero attached hydrogens (tertiary/aromatic N) is 1. The van der Waals surface area contributed by atoms with E-state index in [2.05, 4.69) is 27.0 Å². The lowest BCUT2D eigenvalue weighted by Gasteiger charge is -2.12. The fourth-order valence-electron chi connectivity index (χ4n) is 2.51. The predicted octanol–water partition coefficient (Wildman–Crippen LogP) is 4.03. The van der Waals surface area contributed by atoms with Gasteiger partial charge in [0.25, 0.3) is 0 Å². The molecule has 158 valence electrons. The molecule has 0 heterocycles. The van der Waals surface area contributed by atoms with Crippen LogP contribution in [0.5, 0.6) is 0 Å². The Kier molecular flexibility index (Phi) is 9.93. The van der Waals surface area contributed by atoms with Gasteiger partial charge in [-0.25, -0.2) is 18.2 Å². The van der Waals surface area contributed by atoms with Crippen LogP contribution >= 0.6 is 24.0 Å². The number of carbonyl (C=O) groups excluding carboxylic acids is 1. The quantitative estimate of drug-likeness (QED) is 0.233. The van der Waals surface area contributed by atoms with Crippen molar-refractivity contribution in [1.82, 2.24) is 10.6 Å². The number of amides is 1. The number of aliphatic imine (C=N–C) groups is 1. The van der Waals surface area contributed by atoms with Gasteiger partial charge in [0, 0.05) is 6.54 Å². The van der Waals surface area contributed by atoms with Gasteiger partial charge < -0.3 is 16.0 Å². The lowest BCUT2D eigenvalue weighted by Crippen LogP contribution is -2.41. The summed E-state index contributed by atoms with van der Waals surface area (Å²) in [7, 11) is 0. The van der Waals surface area contributed by atoms with E-state index in [-0.39, 0.29) is 30.5 Å². The number of rotatable bonds is 6. The molecule has 1 amide bonds. The van der Waals surface area contributed by atoms with Crippen LogP contribution in [0.3, 0.4) is 0 Å². The number of aryl methyl sites for hydroxylation is 2. The fourth-order valence-corrected chi connectivity index (χ4v) is 2.51. The smallest absolute Gasteiger partial charge is 0.243 e. The molecule has 0 aliphatic rings. The minimum absolute atomic E-state index is 0. The van der Waals surface area contributed by atoms with Gasteiger partial charge in [-0.15, -0.1) is 24.0 Å². The second-order valence-electron chi connectivity index (χ2n) is 6.25. The Balaban J connectivity index is 0.00000420. The Bertz CT molecular complexity index is 890. The molecule has 0 radical (unpaired) electrons. The summed E-state index contributed by atoms with van der Waals surface area (Å²) in [5, 5.41) is 8.03. The number of benzene rings is 2. The van der Waals surface area contributed by atoms with Crippen LogP contribution in [0.25, 0.3) is 0 Å². The summed E-state index contributed by atoms with van der Waals surface area (Å²) in [5.74, 6) is -4.61. The van der Waals surface area contributed by atoms with Crippen molar-refractivity contribution in [3.05, 3.63) is 64.5 Å². The van der Waals surface area contributed by atoms with Crippen molar-refractivity contribution in [1.29, 1.82) is 0 Å². The van der Waals surface area contributed by atoms with Crippen LogP contribution in [-0.4, -0.2) is 25.0 Å². The van der Waals surface area contributed by atoms with Crippen molar-refractivity contribution in [2.45, 2.75) is 27.3 Å². The van der Waals surface area contributed by atoms with Crippen LogP contribution in [0.1, 0.15) is 23.6 Å². The maximum atomic E-state index is 13.6. The molecule has 5 nitrogen and oxygen atoms in total. The first kappa shape index (κ1) is 24.7. The standard InChI is InChI=1S/C20H23F3N4O.HI/c1-4-24-20(25-10-14-6-5-12(2)9-13(14)3)26-11-17(28)27-16-8-7-15(21)18(22)19(16)23;/h5-9H,4,10-11H2,1-3H3,(H,27,28)(H2,24,25,26);1H. The third-order valence-corrected chi connectivity index (χ3v) is 3.98. The molecule has 0 bridgehead atoms. The van der Waals surface area contributed by atoms with Gasteiger partial charge >= 0.3 is 0 Å². The van der Waals surface area contributed by atoms with Crippen molar-refractivity contribution in [3.63, 3.8) is 0 Å². The SMILES string of the molecule is CCNC(=NCc1ccc(C)cc1C)NCC(=O)Nc1ccc(F)c(F)c1F.I. The van der Waals surface area contributed by atoms with Crippen molar-refractivity contribution < 1.29 is 18.0 Å². The highest BCUT2D eigenvalue weighted by molar-refractivity contribution is 14.0. The Morgan fingerprint density at radius 1 is 1.03 bits per heavy atom. The highest BCUT2D eigenvalue weighted by Gasteiger charge is 2.15. The van der Waals surface area contributed by atoms with Gasteiger partial charge in [0.15, 0.2) is 23.4 Å². The molecule has 2 aromatic carbocycles. The molecule has 29 heavy (non-hydrogen) atoms. The Labute approximate surface area is 185 Å². The molecular weight excluding hydrogens is 496 g/mol. The molecule has 0 atom stereocenters. The molecule has 0 unspecified atom stereocenters. The molecule has 2 aromatic rings. The number of halogens is 4. The lowest BCUT2D eigenvalue weighted by molar-refractivity contribution is -0.115. The maximum Gasteiger partial charge on any atom is 0.243 e. The van der Waals surface area contributed by atoms with Crippen LogP contribution < -0.4 is 16.0 Å². The second-order valence-corrected chi connectivity index (χ2v) is 6.25. The number of carbonyl (C=O) groups is 1. The van der Waals surface area contributed by atoms with Crippen molar-refractivity contribution >= 4 is 41.5 Å². The summed E-state index contributed by atoms with van der Waals surface area (Å²) >= 11 is 0. The molecule has 0 saturated carbocycles. The van der Waals surface area contributed by atoms with Gasteiger partial charge in [0.2, 0.25) is 5.91 Å². The zero-order valence-corrected chi connectivity index (χ0v) is 18.7. The molecule has 0 aliphatic heterocycles. The first-order chi connectivity index (χ1) is 13.3. The van der Waals surface area contributed by atoms with E-state index in [1.54, 1.807) is 0 Å². The summed E-state index contributed by atoms with van der Waals surface area (Å²) in [4.78, 5) is 16.4. The van der Waals surface area contributed by atoms with Crippen molar-refractivity contribution in [2.75, 3.05) is 18.4 Å². The minimum atomic E-state index is -1.63. The van der Waals surface area contributed by atoms with Crippen LogP contribution in [0.15, 0.2) is 35.3 Å². The summed E-state index contributed by atoms with van der Waals surface area (Å²) in [6.45, 7) is 6.67. The van der Waals surface area contributed by atoms with E-state index in [9.17, 15) is 18.0 Å². The summed E-state index contributed by atoms with van der Waals surface area (Å²) < 4.78 is 39.8. The van der Waals surface area contributed by atoms with Gasteiger partial charge in [-0.1, -0.05) is 23.8 Å². The summed E-state index contributed by atoms with van der Waals surface area (Å²) in [5.41, 5.74) is 2.90. The van der Waals surface area contributed by atoms with Crippen molar-refractivity contribution in [2.24, 2.45) is 4.99 Å². The first-order valence-electron chi connectivity index (χ1n) is 8.83. The zero-order valence-electron chi connectivity index (χ0n) is 16.4. The zero-order chi connectivity index (χ0) is 20.7. The Morgan fingerprint density at radius 3 is 2.41 bits per heavy atom. The molecule has 2 rings (SSSR count). The average molecular weight is 520 g/mol. The van der Waals surface area contributed by atoms with E-state index in [0.29, 0.717) is 19.0 Å². The Morgan fingerprint density at radius 2 is 1.76 bits per heavy atom. The molecule has 0 saturated heterocycles. The number of hydrogen-bond acceptors (Lipinski definition) is 2. The van der Waals surface area contributed by atoms with Crippen LogP contribution in [0, 0.1) is 31.3 Å². The van der Waals surface area contributed by atoms with Crippen LogP contribution in [0.2, 0.25) is 0 Å². The topological polar surface area (TPSA) is 65.5 Å². The van der Waals surface area contributed by atoms with E-state index in [4.69, 9.17) is 0 Å². The van der Waals surface area contributed by atoms with Gasteiger partial charge in [-0.3, -0.25) is 4.79 Å². The predicted molar refractivity (Wildman–Crippen MR) is 119 cm³/mol. The maximum absolute atomic E-state index is 13.6. The summed E-state index contributed by atoms with van der Waals surface area (Å²) in [6.07, 6.45) is 0. The van der Waals surface area contributed by atoms with E-state index in [0.717, 1.165) is 28.8 Å². The number of nitrogens with one attached hydrogen (secondary N) is 3.